The highest BCUT2D eigenvalue weighted by atomic mass is 35.5. The summed E-state index contributed by atoms with van der Waals surface area (Å²) in [6, 6.07) is 23.4. The van der Waals surface area contributed by atoms with Gasteiger partial charge in [-0.25, -0.2) is 9.77 Å². The van der Waals surface area contributed by atoms with Gasteiger partial charge in [-0.2, -0.15) is 5.10 Å². The first-order chi connectivity index (χ1) is 15.6. The van der Waals surface area contributed by atoms with Gasteiger partial charge in [0.15, 0.2) is 17.3 Å². The van der Waals surface area contributed by atoms with Crippen molar-refractivity contribution in [2.24, 2.45) is 0 Å². The molecule has 1 aromatic heterocycles. The highest BCUT2D eigenvalue weighted by Crippen LogP contribution is 2.29. The van der Waals surface area contributed by atoms with Crippen LogP contribution in [0.4, 0.5) is 0 Å². The largest absolute Gasteiger partial charge is 0.490 e. The van der Waals surface area contributed by atoms with Crippen molar-refractivity contribution >= 4 is 23.8 Å². The second-order valence-electron chi connectivity index (χ2n) is 7.02. The summed E-state index contributed by atoms with van der Waals surface area (Å²) in [7, 11) is 0. The third-order valence-corrected chi connectivity index (χ3v) is 5.29. The second kappa shape index (κ2) is 10.3. The molecule has 4 aromatic rings. The molecule has 2 N–H and O–H groups in total. The summed E-state index contributed by atoms with van der Waals surface area (Å²) in [6.45, 7) is 3.45. The molecule has 0 saturated heterocycles. The molecular weight excluding hydrogens is 444 g/mol. The number of benzene rings is 3. The number of ether oxygens (including phenoxy) is 2. The predicted octanol–water partition coefficient (Wildman–Crippen LogP) is 5.98. The van der Waals surface area contributed by atoms with E-state index in [0.29, 0.717) is 41.1 Å². The van der Waals surface area contributed by atoms with Crippen molar-refractivity contribution in [3.05, 3.63) is 93.7 Å². The molecule has 0 aliphatic carbocycles. The first-order valence-electron chi connectivity index (χ1n) is 10.2. The lowest BCUT2D eigenvalue weighted by molar-refractivity contribution is 0.269. The average molecular weight is 467 g/mol. The Kier molecular flexibility index (Phi) is 7.09. The number of nitrogens with one attached hydrogen (secondary N) is 2. The fourth-order valence-electron chi connectivity index (χ4n) is 3.19. The summed E-state index contributed by atoms with van der Waals surface area (Å²) in [5, 5.41) is 7.90. The molecule has 4 rings (SSSR count). The minimum absolute atomic E-state index is 0.430. The maximum atomic E-state index is 5.99. The van der Waals surface area contributed by atoms with Gasteiger partial charge in [-0.05, 0) is 54.5 Å². The van der Waals surface area contributed by atoms with Gasteiger partial charge in [-0.15, -0.1) is 0 Å². The summed E-state index contributed by atoms with van der Waals surface area (Å²) < 4.78 is 14.1. The van der Waals surface area contributed by atoms with Gasteiger partial charge in [0.1, 0.15) is 6.61 Å². The van der Waals surface area contributed by atoms with E-state index in [-0.39, 0.29) is 0 Å². The van der Waals surface area contributed by atoms with Crippen molar-refractivity contribution in [1.29, 1.82) is 0 Å². The number of H-pyrrole nitrogens is 1. The number of halogens is 1. The normalized spacial score (nSPS) is 10.7. The summed E-state index contributed by atoms with van der Waals surface area (Å²) in [6.07, 6.45) is 0. The van der Waals surface area contributed by atoms with Crippen molar-refractivity contribution in [2.45, 2.75) is 20.1 Å². The van der Waals surface area contributed by atoms with E-state index in [1.54, 1.807) is 4.68 Å². The maximum Gasteiger partial charge on any atom is 0.214 e. The molecule has 6 nitrogen and oxygen atoms in total. The minimum atomic E-state index is 0.430. The number of hydrogen-bond donors (Lipinski definition) is 2. The molecule has 8 heteroatoms. The molecule has 0 atom stereocenters. The van der Waals surface area contributed by atoms with Crippen LogP contribution in [0.1, 0.15) is 18.1 Å². The average Bonchev–Trinajstić information content (AvgIpc) is 3.19. The molecule has 3 aromatic carbocycles. The van der Waals surface area contributed by atoms with Gasteiger partial charge in [-0.1, -0.05) is 60.1 Å². The molecule has 32 heavy (non-hydrogen) atoms. The van der Waals surface area contributed by atoms with Gasteiger partial charge in [0, 0.05) is 10.6 Å². The number of rotatable bonds is 9. The van der Waals surface area contributed by atoms with E-state index in [2.05, 4.69) is 15.6 Å². The third-order valence-electron chi connectivity index (χ3n) is 4.76. The lowest BCUT2D eigenvalue weighted by Gasteiger charge is -2.15. The Morgan fingerprint density at radius 1 is 0.969 bits per heavy atom. The summed E-state index contributed by atoms with van der Waals surface area (Å²) in [4.78, 5) is 0. The zero-order valence-corrected chi connectivity index (χ0v) is 19.1. The zero-order chi connectivity index (χ0) is 22.3. The molecule has 0 unspecified atom stereocenters. The predicted molar refractivity (Wildman–Crippen MR) is 129 cm³/mol. The molecule has 1 heterocycles. The maximum absolute atomic E-state index is 5.99. The van der Waals surface area contributed by atoms with Crippen LogP contribution in [0.25, 0.3) is 11.4 Å². The van der Waals surface area contributed by atoms with E-state index in [1.807, 2.05) is 79.7 Å². The first kappa shape index (κ1) is 21.9. The Morgan fingerprint density at radius 2 is 1.72 bits per heavy atom. The Bertz CT molecular complexity index is 1220. The van der Waals surface area contributed by atoms with Crippen LogP contribution in [0.5, 0.6) is 11.5 Å². The zero-order valence-electron chi connectivity index (χ0n) is 17.5. The fourth-order valence-corrected chi connectivity index (χ4v) is 3.51. The third kappa shape index (κ3) is 5.30. The Morgan fingerprint density at radius 3 is 2.47 bits per heavy atom. The van der Waals surface area contributed by atoms with E-state index in [4.69, 9.17) is 33.3 Å². The standard InChI is InChI=1S/C24H23ClN4O2S/c1-2-30-22-14-18(10-13-21(22)31-16-17-8-11-20(25)12-9-17)15-26-29-23(27-28-24(29)32)19-6-4-3-5-7-19/h3-14,26H,2,15-16H2,1H3,(H,28,32). The fraction of sp³-hybridized carbons (Fsp3) is 0.167. The monoisotopic (exact) mass is 466 g/mol. The van der Waals surface area contributed by atoms with Crippen LogP contribution in [0.15, 0.2) is 72.8 Å². The van der Waals surface area contributed by atoms with Crippen LogP contribution >= 0.6 is 23.8 Å². The van der Waals surface area contributed by atoms with Crippen LogP contribution < -0.4 is 14.9 Å². The number of aromatic nitrogens is 3. The van der Waals surface area contributed by atoms with E-state index in [1.165, 1.54) is 0 Å². The van der Waals surface area contributed by atoms with E-state index in [0.717, 1.165) is 22.5 Å². The van der Waals surface area contributed by atoms with Crippen LogP contribution in [0.2, 0.25) is 5.02 Å². The van der Waals surface area contributed by atoms with Crippen LogP contribution in [0.3, 0.4) is 0 Å². The summed E-state index contributed by atoms with van der Waals surface area (Å²) in [5.41, 5.74) is 6.36. The molecule has 0 amide bonds. The Balaban J connectivity index is 1.48. The Labute approximate surface area is 196 Å². The van der Waals surface area contributed by atoms with Gasteiger partial charge < -0.3 is 14.9 Å². The molecule has 0 aliphatic heterocycles. The van der Waals surface area contributed by atoms with Gasteiger partial charge in [0.25, 0.3) is 0 Å². The number of hydrogen-bond acceptors (Lipinski definition) is 5. The van der Waals surface area contributed by atoms with Crippen molar-refractivity contribution in [3.63, 3.8) is 0 Å². The quantitative estimate of drug-likeness (QED) is 0.297. The molecule has 0 spiro atoms. The van der Waals surface area contributed by atoms with E-state index in [9.17, 15) is 0 Å². The van der Waals surface area contributed by atoms with Gasteiger partial charge in [-0.3, -0.25) is 0 Å². The van der Waals surface area contributed by atoms with Gasteiger partial charge in [0.05, 0.1) is 13.2 Å². The lowest BCUT2D eigenvalue weighted by Crippen LogP contribution is -2.16. The smallest absolute Gasteiger partial charge is 0.214 e. The van der Waals surface area contributed by atoms with Crippen LogP contribution in [-0.4, -0.2) is 21.5 Å². The van der Waals surface area contributed by atoms with Crippen molar-refractivity contribution < 1.29 is 9.47 Å². The minimum Gasteiger partial charge on any atom is -0.490 e. The van der Waals surface area contributed by atoms with Gasteiger partial charge >= 0.3 is 0 Å². The Hall–Kier alpha value is -3.29. The van der Waals surface area contributed by atoms with E-state index >= 15 is 0 Å². The van der Waals surface area contributed by atoms with Gasteiger partial charge in [0.2, 0.25) is 4.77 Å². The second-order valence-corrected chi connectivity index (χ2v) is 7.84. The first-order valence-corrected chi connectivity index (χ1v) is 11.0. The van der Waals surface area contributed by atoms with E-state index < -0.39 is 0 Å². The number of aromatic amines is 1. The molecular formula is C24H23ClN4O2S. The molecule has 0 bridgehead atoms. The highest BCUT2D eigenvalue weighted by molar-refractivity contribution is 7.71. The molecule has 0 fully saturated rings. The number of nitrogens with zero attached hydrogens (tertiary/aromatic N) is 2. The molecule has 0 radical (unpaired) electrons. The van der Waals surface area contributed by atoms with Crippen LogP contribution in [-0.2, 0) is 13.2 Å². The topological polar surface area (TPSA) is 64.1 Å². The van der Waals surface area contributed by atoms with Crippen molar-refractivity contribution in [2.75, 3.05) is 12.0 Å². The summed E-state index contributed by atoms with van der Waals surface area (Å²) >= 11 is 11.3. The SMILES string of the molecule is CCOc1cc(CNn2c(-c3ccccc3)n[nH]c2=S)ccc1OCc1ccc(Cl)cc1. The van der Waals surface area contributed by atoms with Crippen LogP contribution in [0, 0.1) is 4.77 Å². The molecule has 0 saturated carbocycles. The van der Waals surface area contributed by atoms with Crippen molar-refractivity contribution in [1.82, 2.24) is 14.9 Å². The lowest BCUT2D eigenvalue weighted by atomic mass is 10.2. The highest BCUT2D eigenvalue weighted by Gasteiger charge is 2.10. The van der Waals surface area contributed by atoms with Crippen molar-refractivity contribution in [3.8, 4) is 22.9 Å². The summed E-state index contributed by atoms with van der Waals surface area (Å²) in [5.74, 6) is 2.11. The molecule has 164 valence electrons. The molecule has 0 aliphatic rings.